The molecular weight excluding hydrogens is 1040 g/mol. The van der Waals surface area contributed by atoms with Gasteiger partial charge in [0.05, 0.1) is 28.3 Å². The van der Waals surface area contributed by atoms with Gasteiger partial charge < -0.3 is 29.0 Å². The summed E-state index contributed by atoms with van der Waals surface area (Å²) in [5.74, 6) is 3.26. The van der Waals surface area contributed by atoms with E-state index in [-0.39, 0.29) is 37.9 Å². The Morgan fingerprint density at radius 3 is 1.96 bits per heavy atom. The van der Waals surface area contributed by atoms with E-state index in [9.17, 15) is 15.3 Å². The molecule has 2 aliphatic heterocycles. The molecule has 12 nitrogen and oxygen atoms in total. The minimum Gasteiger partial charge on any atom is -0.488 e. The molecule has 5 aliphatic rings. The topological polar surface area (TPSA) is 142 Å². The zero-order valence-electron chi connectivity index (χ0n) is 46.8. The quantitative estimate of drug-likeness (QED) is 0.0439. The number of nitrogens with zero attached hydrogens (tertiary/aromatic N) is 5. The highest BCUT2D eigenvalue weighted by Crippen LogP contribution is 2.43. The van der Waals surface area contributed by atoms with Crippen LogP contribution in [-0.2, 0) is 42.4 Å². The number of dihydropyridines is 1. The maximum atomic E-state index is 13.2. The number of hydrogen-bond acceptors (Lipinski definition) is 12. The van der Waals surface area contributed by atoms with Crippen LogP contribution in [0.5, 0.6) is 23.0 Å². The van der Waals surface area contributed by atoms with Crippen molar-refractivity contribution in [3.63, 3.8) is 0 Å². The maximum Gasteiger partial charge on any atom is 0.326 e. The molecule has 1 aromatic heterocycles. The summed E-state index contributed by atoms with van der Waals surface area (Å²) >= 11 is 14.3. The average molecular weight is 1120 g/mol. The first-order valence-electron chi connectivity index (χ1n) is 28.3. The van der Waals surface area contributed by atoms with Crippen LogP contribution in [0.4, 0.5) is 0 Å². The first-order chi connectivity index (χ1) is 38.7. The Hall–Kier alpha value is -6.80. The Morgan fingerprint density at radius 1 is 0.787 bits per heavy atom. The van der Waals surface area contributed by atoms with Gasteiger partial charge in [-0.05, 0) is 149 Å². The molecule has 416 valence electrons. The van der Waals surface area contributed by atoms with Gasteiger partial charge >= 0.3 is 5.97 Å². The van der Waals surface area contributed by atoms with Gasteiger partial charge in [-0.3, -0.25) is 19.6 Å². The predicted octanol–water partition coefficient (Wildman–Crippen LogP) is 14.0. The van der Waals surface area contributed by atoms with Crippen molar-refractivity contribution in [3.05, 3.63) is 169 Å². The van der Waals surface area contributed by atoms with E-state index in [2.05, 4.69) is 102 Å². The van der Waals surface area contributed by atoms with Gasteiger partial charge in [0.1, 0.15) is 61.0 Å². The number of halogens is 2. The monoisotopic (exact) mass is 1110 g/mol. The Morgan fingerprint density at radius 2 is 1.40 bits per heavy atom. The summed E-state index contributed by atoms with van der Waals surface area (Å²) in [5.41, 5.74) is 11.5. The lowest BCUT2D eigenvalue weighted by atomic mass is 9.84. The highest BCUT2D eigenvalue weighted by molar-refractivity contribution is 6.32. The molecule has 0 spiro atoms. The predicted molar refractivity (Wildman–Crippen MR) is 312 cm³/mol. The second-order valence-corrected chi connectivity index (χ2v) is 23.7. The molecular formula is C66H72Cl2N6O6. The van der Waals surface area contributed by atoms with Gasteiger partial charge in [0.2, 0.25) is 0 Å². The first-order valence-corrected chi connectivity index (χ1v) is 29.1. The van der Waals surface area contributed by atoms with Crippen molar-refractivity contribution in [2.24, 2.45) is 11.8 Å². The van der Waals surface area contributed by atoms with Crippen molar-refractivity contribution in [1.29, 1.82) is 10.5 Å². The van der Waals surface area contributed by atoms with Gasteiger partial charge in [-0.25, -0.2) is 0 Å². The van der Waals surface area contributed by atoms with Crippen LogP contribution in [0.2, 0.25) is 10.0 Å². The van der Waals surface area contributed by atoms with Crippen LogP contribution >= 0.6 is 23.2 Å². The molecule has 4 fully saturated rings. The van der Waals surface area contributed by atoms with Gasteiger partial charge in [-0.15, -0.1) is 0 Å². The summed E-state index contributed by atoms with van der Waals surface area (Å²) in [6.45, 7) is 15.5. The summed E-state index contributed by atoms with van der Waals surface area (Å²) in [7, 11) is 0. The molecule has 10 rings (SSSR count). The molecule has 3 heterocycles. The first kappa shape index (κ1) is 56.5. The largest absolute Gasteiger partial charge is 0.488 e. The highest BCUT2D eigenvalue weighted by atomic mass is 35.5. The number of pyridine rings is 1. The van der Waals surface area contributed by atoms with Crippen molar-refractivity contribution < 1.29 is 28.5 Å². The van der Waals surface area contributed by atoms with E-state index in [1.165, 1.54) is 32.1 Å². The number of aromatic nitrogens is 1. The summed E-state index contributed by atoms with van der Waals surface area (Å²) in [5, 5.41) is 23.3. The van der Waals surface area contributed by atoms with E-state index >= 15 is 0 Å². The van der Waals surface area contributed by atoms with Gasteiger partial charge in [0.25, 0.3) is 0 Å². The Kier molecular flexibility index (Phi) is 17.6. The molecule has 14 heteroatoms. The minimum atomic E-state index is -0.760. The number of rotatable bonds is 25. The lowest BCUT2D eigenvalue weighted by Crippen LogP contribution is -2.50. The fraction of sp³-hybridized carbons (Fsp3) is 0.424. The van der Waals surface area contributed by atoms with E-state index in [0.717, 1.165) is 88.0 Å². The molecule has 0 amide bonds. The molecule has 0 bridgehead atoms. The lowest BCUT2D eigenvalue weighted by molar-refractivity contribution is -0.147. The third kappa shape index (κ3) is 13.3. The van der Waals surface area contributed by atoms with Crippen molar-refractivity contribution in [3.8, 4) is 46.3 Å². The van der Waals surface area contributed by atoms with E-state index in [1.54, 1.807) is 18.0 Å². The van der Waals surface area contributed by atoms with Gasteiger partial charge in [0.15, 0.2) is 0 Å². The van der Waals surface area contributed by atoms with E-state index in [0.29, 0.717) is 88.7 Å². The van der Waals surface area contributed by atoms with Crippen LogP contribution in [0, 0.1) is 48.3 Å². The number of hydrogen-bond donors (Lipinski definition) is 1. The second-order valence-electron chi connectivity index (χ2n) is 22.9. The summed E-state index contributed by atoms with van der Waals surface area (Å²) in [4.78, 5) is 22.3. The Labute approximate surface area is 481 Å². The number of cyclic esters (lactones) is 1. The number of allylic oxidation sites excluding steroid dienone is 1. The number of esters is 1. The zero-order chi connectivity index (χ0) is 56.0. The third-order valence-electron chi connectivity index (χ3n) is 17.0. The number of ether oxygens (including phenoxy) is 5. The number of carbonyl (C=O) groups excluding carboxylic acids is 1. The molecule has 1 saturated heterocycles. The molecule has 3 aliphatic carbocycles. The smallest absolute Gasteiger partial charge is 0.326 e. The van der Waals surface area contributed by atoms with Gasteiger partial charge in [-0.1, -0.05) is 78.2 Å². The van der Waals surface area contributed by atoms with Crippen LogP contribution < -0.4 is 24.3 Å². The average Bonchev–Trinajstić information content (AvgIpc) is 4.48. The number of nitriles is 2. The SMILES string of the molecule is CCC(C)(C=C1CCC1)N(Cc1cc(Cl)c(OCc2cccc(-c3cccc(COc4cc(OCC5=CNCC(C#N)=C5)c(CN(CC5CC5)C5(C)CCOC5=O)cc4Cl)c3C)c2C)cc1OCc1cncc(C#N)c1)CC1CC1. The summed E-state index contributed by atoms with van der Waals surface area (Å²) in [6, 6.07) is 26.5. The summed E-state index contributed by atoms with van der Waals surface area (Å²) in [6.07, 6.45) is 19.5. The standard InChI is InChI=1S/C66H72Cl2N6O6/c1-6-65(4,28-45-10-7-11-45)73(35-46-16-17-46)37-54-24-58(67)62(26-60(54)77-39-50-22-48(29-69)31-71-33-50)79-41-52-12-8-14-56(43(52)2)57-15-9-13-53(44(57)3)42-80-63-27-61(78-40-51-23-49(30-70)32-72-34-51)55(25-59(63)68)38-74(36-47-18-19-47)66(5)20-21-76-64(66)75/h8-9,12-15,22-28,31,33-34,46-47,72H,6-7,10-11,16-21,32,35-42H2,1-5H3. The van der Waals surface area contributed by atoms with Crippen LogP contribution in [0.3, 0.4) is 0 Å². The molecule has 3 saturated carbocycles. The fourth-order valence-corrected chi connectivity index (χ4v) is 11.5. The van der Waals surface area contributed by atoms with Crippen LogP contribution in [0.25, 0.3) is 11.1 Å². The Bertz CT molecular complexity index is 3310. The van der Waals surface area contributed by atoms with Crippen LogP contribution in [-0.4, -0.2) is 64.7 Å². The van der Waals surface area contributed by atoms with Gasteiger partial charge in [0, 0.05) is 103 Å². The number of nitrogens with one attached hydrogen (secondary N) is 1. The molecule has 0 radical (unpaired) electrons. The summed E-state index contributed by atoms with van der Waals surface area (Å²) < 4.78 is 32.0. The molecule has 1 N–H and O–H groups in total. The van der Waals surface area contributed by atoms with Crippen molar-refractivity contribution in [2.75, 3.05) is 32.8 Å². The number of benzene rings is 4. The van der Waals surface area contributed by atoms with Crippen molar-refractivity contribution in [2.45, 2.75) is 136 Å². The minimum absolute atomic E-state index is 0.115. The van der Waals surface area contributed by atoms with E-state index in [4.69, 9.17) is 46.9 Å². The van der Waals surface area contributed by atoms with E-state index in [1.807, 2.05) is 49.5 Å². The molecule has 2 unspecified atom stereocenters. The molecule has 4 aromatic carbocycles. The zero-order valence-corrected chi connectivity index (χ0v) is 48.3. The highest BCUT2D eigenvalue weighted by Gasteiger charge is 2.47. The van der Waals surface area contributed by atoms with Crippen molar-refractivity contribution >= 4 is 29.2 Å². The third-order valence-corrected chi connectivity index (χ3v) is 17.5. The maximum absolute atomic E-state index is 13.2. The molecule has 2 atom stereocenters. The molecule has 80 heavy (non-hydrogen) atoms. The lowest BCUT2D eigenvalue weighted by Gasteiger charge is -2.41. The normalized spacial score (nSPS) is 18.5. The van der Waals surface area contributed by atoms with Crippen molar-refractivity contribution in [1.82, 2.24) is 20.1 Å². The fourth-order valence-electron chi connectivity index (χ4n) is 11.0. The molecule has 5 aromatic rings. The van der Waals surface area contributed by atoms with Crippen LogP contribution in [0.1, 0.15) is 123 Å². The Balaban J connectivity index is 0.879. The van der Waals surface area contributed by atoms with E-state index < -0.39 is 5.54 Å². The second kappa shape index (κ2) is 24.9. The number of carbonyl (C=O) groups is 1. The van der Waals surface area contributed by atoms with Crippen LogP contribution in [0.15, 0.2) is 114 Å². The van der Waals surface area contributed by atoms with Gasteiger partial charge in [-0.2, -0.15) is 10.5 Å².